The number of hydrogen-bond donors (Lipinski definition) is 0. The Labute approximate surface area is 273 Å². The number of unbranched alkanes of at least 4 members (excludes halogenated alkanes) is 30. The molecule has 2 nitrogen and oxygen atoms in total. The average Bonchev–Trinajstić information content (AvgIpc) is 3.42. The molecule has 1 heterocycles. The van der Waals surface area contributed by atoms with E-state index >= 15 is 0 Å². The largest absolute Gasteiger partial charge is 0.356 e. The Kier molecular flexibility index (Phi) is 30.7. The van der Waals surface area contributed by atoms with Gasteiger partial charge in [-0.1, -0.05) is 213 Å². The molecule has 2 heteroatoms. The molecular formula is C41H82N2. The molecular weight excluding hydrogens is 520 g/mol. The number of rotatable bonds is 35. The van der Waals surface area contributed by atoms with Crippen LogP contribution in [0.3, 0.4) is 0 Å². The molecule has 0 spiro atoms. The zero-order valence-corrected chi connectivity index (χ0v) is 30.4. The Morgan fingerprint density at radius 2 is 0.512 bits per heavy atom. The molecule has 0 saturated heterocycles. The Balaban J connectivity index is 1.85. The summed E-state index contributed by atoms with van der Waals surface area (Å²) in [5.41, 5.74) is 0. The molecule has 1 aliphatic rings. The van der Waals surface area contributed by atoms with Gasteiger partial charge in [0.1, 0.15) is 6.17 Å². The first-order chi connectivity index (χ1) is 21.3. The zero-order valence-electron chi connectivity index (χ0n) is 30.4. The Morgan fingerprint density at radius 3 is 0.721 bits per heavy atom. The van der Waals surface area contributed by atoms with E-state index in [0.717, 1.165) is 0 Å². The fourth-order valence-electron chi connectivity index (χ4n) is 7.16. The summed E-state index contributed by atoms with van der Waals surface area (Å²) in [6, 6.07) is 0. The third-order valence-electron chi connectivity index (χ3n) is 10.1. The van der Waals surface area contributed by atoms with E-state index in [1.54, 1.807) is 0 Å². The van der Waals surface area contributed by atoms with E-state index < -0.39 is 0 Å². The normalized spacial score (nSPS) is 14.9. The summed E-state index contributed by atoms with van der Waals surface area (Å²) in [6.07, 6.45) is 53.1. The number of hydrogen-bond acceptors (Lipinski definition) is 2. The maximum absolute atomic E-state index is 2.64. The lowest BCUT2D eigenvalue weighted by molar-refractivity contribution is 0.144. The van der Waals surface area contributed by atoms with Crippen molar-refractivity contribution in [2.45, 2.75) is 239 Å². The lowest BCUT2D eigenvalue weighted by Crippen LogP contribution is -2.38. The topological polar surface area (TPSA) is 6.48 Å². The van der Waals surface area contributed by atoms with Crippen molar-refractivity contribution < 1.29 is 0 Å². The minimum absolute atomic E-state index is 0.618. The zero-order chi connectivity index (χ0) is 30.9. The van der Waals surface area contributed by atoms with Crippen molar-refractivity contribution in [3.8, 4) is 0 Å². The summed E-state index contributed by atoms with van der Waals surface area (Å²) in [5.74, 6) is 0. The minimum Gasteiger partial charge on any atom is -0.356 e. The molecule has 0 aliphatic carbocycles. The fourth-order valence-corrected chi connectivity index (χ4v) is 7.16. The van der Waals surface area contributed by atoms with Crippen molar-refractivity contribution in [1.29, 1.82) is 0 Å². The van der Waals surface area contributed by atoms with Gasteiger partial charge in [-0.15, -0.1) is 0 Å². The highest BCUT2D eigenvalue weighted by Crippen LogP contribution is 2.21. The van der Waals surface area contributed by atoms with Crippen molar-refractivity contribution >= 4 is 0 Å². The van der Waals surface area contributed by atoms with Gasteiger partial charge in [0.15, 0.2) is 0 Å². The highest BCUT2D eigenvalue weighted by Gasteiger charge is 2.23. The first kappa shape index (κ1) is 40.4. The van der Waals surface area contributed by atoms with Crippen LogP contribution in [0.1, 0.15) is 233 Å². The Bertz CT molecular complexity index is 558. The maximum atomic E-state index is 2.64. The quantitative estimate of drug-likeness (QED) is 0.0666. The van der Waals surface area contributed by atoms with E-state index in [2.05, 4.69) is 43.0 Å². The lowest BCUT2D eigenvalue weighted by atomic mass is 10.0. The molecule has 1 atom stereocenters. The summed E-state index contributed by atoms with van der Waals surface area (Å²) in [6.45, 7) is 9.50. The standard InChI is InChI=1S/C41H82N2/c1-4-7-9-11-13-15-17-19-21-22-24-26-28-30-32-34-36-38-43-40-39-42(41(43)6-3)37-35-33-31-29-27-25-23-20-18-16-14-12-10-8-5-2/h39-41H,4-38H2,1-3H3. The van der Waals surface area contributed by atoms with E-state index in [1.807, 2.05) is 0 Å². The second-order valence-corrected chi connectivity index (χ2v) is 14.3. The predicted octanol–water partition coefficient (Wildman–Crippen LogP) is 14.3. The van der Waals surface area contributed by atoms with Crippen LogP contribution in [0.5, 0.6) is 0 Å². The molecule has 0 aromatic heterocycles. The maximum Gasteiger partial charge on any atom is 0.100 e. The highest BCUT2D eigenvalue weighted by molar-refractivity contribution is 4.96. The Morgan fingerprint density at radius 1 is 0.302 bits per heavy atom. The molecule has 0 bridgehead atoms. The second kappa shape index (κ2) is 32.7. The highest BCUT2D eigenvalue weighted by atomic mass is 15.4. The van der Waals surface area contributed by atoms with Crippen LogP contribution < -0.4 is 0 Å². The minimum atomic E-state index is 0.618. The summed E-state index contributed by atoms with van der Waals surface area (Å²) < 4.78 is 0. The molecule has 1 rings (SSSR count). The second-order valence-electron chi connectivity index (χ2n) is 14.3. The SMILES string of the molecule is CCCCCCCCCCCCCCCCCCCN1C=CN(CCCCCCCCCCCCCCCCC)C1CC. The van der Waals surface area contributed by atoms with Gasteiger partial charge in [-0.2, -0.15) is 0 Å². The monoisotopic (exact) mass is 603 g/mol. The van der Waals surface area contributed by atoms with E-state index in [4.69, 9.17) is 0 Å². The smallest absolute Gasteiger partial charge is 0.100 e. The van der Waals surface area contributed by atoms with Gasteiger partial charge in [-0.05, 0) is 19.3 Å². The summed E-state index contributed by atoms with van der Waals surface area (Å²) in [4.78, 5) is 5.27. The molecule has 0 saturated carbocycles. The van der Waals surface area contributed by atoms with Gasteiger partial charge in [0.2, 0.25) is 0 Å². The molecule has 0 N–H and O–H groups in total. The summed E-state index contributed by atoms with van der Waals surface area (Å²) in [5, 5.41) is 0. The first-order valence-electron chi connectivity index (χ1n) is 20.5. The van der Waals surface area contributed by atoms with Gasteiger partial charge in [0.05, 0.1) is 0 Å². The van der Waals surface area contributed by atoms with Gasteiger partial charge in [0, 0.05) is 25.5 Å². The van der Waals surface area contributed by atoms with Crippen LogP contribution in [0.4, 0.5) is 0 Å². The molecule has 256 valence electrons. The van der Waals surface area contributed by atoms with Crippen molar-refractivity contribution in [1.82, 2.24) is 9.80 Å². The predicted molar refractivity (Wildman–Crippen MR) is 196 cm³/mol. The molecule has 0 aromatic carbocycles. The van der Waals surface area contributed by atoms with Crippen molar-refractivity contribution in [3.63, 3.8) is 0 Å². The van der Waals surface area contributed by atoms with E-state index in [0.29, 0.717) is 6.17 Å². The van der Waals surface area contributed by atoms with Crippen LogP contribution in [0.15, 0.2) is 12.4 Å². The molecule has 0 radical (unpaired) electrons. The lowest BCUT2D eigenvalue weighted by Gasteiger charge is -2.32. The van der Waals surface area contributed by atoms with Gasteiger partial charge >= 0.3 is 0 Å². The molecule has 43 heavy (non-hydrogen) atoms. The van der Waals surface area contributed by atoms with Crippen LogP contribution >= 0.6 is 0 Å². The van der Waals surface area contributed by atoms with Crippen molar-refractivity contribution in [2.75, 3.05) is 13.1 Å². The fraction of sp³-hybridized carbons (Fsp3) is 0.951. The number of nitrogens with zero attached hydrogens (tertiary/aromatic N) is 2. The van der Waals surface area contributed by atoms with Gasteiger partial charge in [-0.3, -0.25) is 0 Å². The van der Waals surface area contributed by atoms with Gasteiger partial charge in [-0.25, -0.2) is 0 Å². The van der Waals surface area contributed by atoms with E-state index in [1.165, 1.54) is 225 Å². The Hall–Kier alpha value is -0.660. The molecule has 0 aromatic rings. The third-order valence-corrected chi connectivity index (χ3v) is 10.1. The van der Waals surface area contributed by atoms with Crippen LogP contribution in [0, 0.1) is 0 Å². The molecule has 1 aliphatic heterocycles. The van der Waals surface area contributed by atoms with Crippen molar-refractivity contribution in [3.05, 3.63) is 12.4 Å². The van der Waals surface area contributed by atoms with Crippen molar-refractivity contribution in [2.24, 2.45) is 0 Å². The molecule has 0 amide bonds. The molecule has 0 fully saturated rings. The van der Waals surface area contributed by atoms with E-state index in [9.17, 15) is 0 Å². The average molecular weight is 603 g/mol. The van der Waals surface area contributed by atoms with Gasteiger partial charge < -0.3 is 9.80 Å². The third kappa shape index (κ3) is 25.2. The van der Waals surface area contributed by atoms with Gasteiger partial charge in [0.25, 0.3) is 0 Å². The van der Waals surface area contributed by atoms with Crippen LogP contribution in [0.2, 0.25) is 0 Å². The van der Waals surface area contributed by atoms with E-state index in [-0.39, 0.29) is 0 Å². The summed E-state index contributed by atoms with van der Waals surface area (Å²) >= 11 is 0. The van der Waals surface area contributed by atoms with Crippen LogP contribution in [-0.2, 0) is 0 Å². The first-order valence-corrected chi connectivity index (χ1v) is 20.5. The summed E-state index contributed by atoms with van der Waals surface area (Å²) in [7, 11) is 0. The van der Waals surface area contributed by atoms with Crippen LogP contribution in [0.25, 0.3) is 0 Å². The van der Waals surface area contributed by atoms with Crippen LogP contribution in [-0.4, -0.2) is 29.1 Å². The molecule has 1 unspecified atom stereocenters.